The van der Waals surface area contributed by atoms with Crippen molar-refractivity contribution in [2.75, 3.05) is 16.6 Å². The molecule has 1 aromatic heterocycles. The maximum absolute atomic E-state index is 14.3. The second-order valence-corrected chi connectivity index (χ2v) is 10.8. The molecule has 4 N–H and O–H groups in total. The fraction of sp³-hybridized carbons (Fsp3) is 0.421. The molecule has 1 saturated carbocycles. The van der Waals surface area contributed by atoms with E-state index < -0.39 is 67.7 Å². The minimum Gasteiger partial charge on any atom is -0.394 e. The number of aliphatic hydroxyl groups is 2. The average molecular weight is 558 g/mol. The summed E-state index contributed by atoms with van der Waals surface area (Å²) in [4.78, 5) is 12.3. The van der Waals surface area contributed by atoms with Crippen molar-refractivity contribution in [3.05, 3.63) is 50.6 Å². The normalized spacial score (nSPS) is 16.4. The van der Waals surface area contributed by atoms with Crippen molar-refractivity contribution in [1.29, 1.82) is 0 Å². The zero-order valence-corrected chi connectivity index (χ0v) is 19.5. The van der Waals surface area contributed by atoms with Crippen LogP contribution in [0.4, 0.5) is 34.6 Å². The molecule has 33 heavy (non-hydrogen) atoms. The van der Waals surface area contributed by atoms with Gasteiger partial charge in [-0.25, -0.2) is 12.8 Å². The van der Waals surface area contributed by atoms with E-state index in [2.05, 4.69) is 26.0 Å². The minimum atomic E-state index is -5.20. The van der Waals surface area contributed by atoms with E-state index in [-0.39, 0.29) is 19.3 Å². The molecule has 1 aliphatic carbocycles. The highest BCUT2D eigenvalue weighted by Crippen LogP contribution is 2.49. The van der Waals surface area contributed by atoms with Gasteiger partial charge in [0.2, 0.25) is 10.0 Å². The first kappa shape index (κ1) is 25.5. The van der Waals surface area contributed by atoms with Crippen LogP contribution in [0.2, 0.25) is 0 Å². The van der Waals surface area contributed by atoms with Gasteiger partial charge in [-0.15, -0.1) is 0 Å². The first-order chi connectivity index (χ1) is 15.2. The SMILES string of the molecule is Cn1cc(NS(=O)(=O)C2(CC(O)CO)CC2)c(Nc2ccc(Br)cc2F)c(C(F)(F)F)c1=O. The van der Waals surface area contributed by atoms with E-state index in [4.69, 9.17) is 5.11 Å². The first-order valence-electron chi connectivity index (χ1n) is 9.55. The van der Waals surface area contributed by atoms with Gasteiger partial charge < -0.3 is 20.1 Å². The Kier molecular flexibility index (Phi) is 6.86. The zero-order valence-electron chi connectivity index (χ0n) is 17.1. The van der Waals surface area contributed by atoms with Crippen LogP contribution < -0.4 is 15.6 Å². The van der Waals surface area contributed by atoms with E-state index in [0.29, 0.717) is 9.04 Å². The summed E-state index contributed by atoms with van der Waals surface area (Å²) in [5.41, 5.74) is -5.20. The Morgan fingerprint density at radius 3 is 2.42 bits per heavy atom. The third-order valence-corrected chi connectivity index (χ3v) is 7.99. The summed E-state index contributed by atoms with van der Waals surface area (Å²) in [7, 11) is -3.36. The molecule has 1 aromatic carbocycles. The number of nitrogens with zero attached hydrogens (tertiary/aromatic N) is 1. The van der Waals surface area contributed by atoms with Crippen LogP contribution in [0.15, 0.2) is 33.7 Å². The molecular weight excluding hydrogens is 538 g/mol. The molecule has 182 valence electrons. The maximum atomic E-state index is 14.3. The Labute approximate surface area is 194 Å². The second-order valence-electron chi connectivity index (χ2n) is 7.78. The lowest BCUT2D eigenvalue weighted by atomic mass is 10.1. The van der Waals surface area contributed by atoms with E-state index in [0.717, 1.165) is 25.4 Å². The van der Waals surface area contributed by atoms with E-state index in [9.17, 15) is 35.9 Å². The predicted molar refractivity (Wildman–Crippen MR) is 116 cm³/mol. The van der Waals surface area contributed by atoms with Crippen LogP contribution in [0, 0.1) is 5.82 Å². The molecule has 1 fully saturated rings. The number of pyridine rings is 1. The van der Waals surface area contributed by atoms with Crippen LogP contribution >= 0.6 is 15.9 Å². The van der Waals surface area contributed by atoms with Crippen molar-refractivity contribution in [1.82, 2.24) is 4.57 Å². The molecule has 0 amide bonds. The lowest BCUT2D eigenvalue weighted by molar-refractivity contribution is -0.138. The Hall–Kier alpha value is -2.16. The van der Waals surface area contributed by atoms with Crippen LogP contribution in [-0.4, -0.2) is 40.7 Å². The zero-order chi connectivity index (χ0) is 24.8. The van der Waals surface area contributed by atoms with Gasteiger partial charge in [0.05, 0.1) is 34.5 Å². The number of hydrogen-bond acceptors (Lipinski definition) is 6. The molecule has 2 aromatic rings. The summed E-state index contributed by atoms with van der Waals surface area (Å²) in [6, 6.07) is 3.45. The molecule has 14 heteroatoms. The molecular formula is C19H20BrF4N3O5S. The summed E-state index contributed by atoms with van der Waals surface area (Å²) in [6.07, 6.45) is -5.80. The fourth-order valence-corrected chi connectivity index (χ4v) is 5.44. The first-order valence-corrected chi connectivity index (χ1v) is 11.8. The van der Waals surface area contributed by atoms with Gasteiger partial charge in [0.15, 0.2) is 0 Å². The van der Waals surface area contributed by atoms with Crippen LogP contribution in [0.25, 0.3) is 0 Å². The molecule has 0 bridgehead atoms. The van der Waals surface area contributed by atoms with Gasteiger partial charge in [0.1, 0.15) is 11.4 Å². The van der Waals surface area contributed by atoms with Crippen molar-refractivity contribution in [2.45, 2.75) is 36.3 Å². The predicted octanol–water partition coefficient (Wildman–Crippen LogP) is 3.07. The molecule has 1 heterocycles. The monoisotopic (exact) mass is 557 g/mol. The topological polar surface area (TPSA) is 121 Å². The van der Waals surface area contributed by atoms with E-state index in [1.807, 2.05) is 0 Å². The molecule has 0 saturated heterocycles. The summed E-state index contributed by atoms with van der Waals surface area (Å²) in [6.45, 7) is -0.690. The Balaban J connectivity index is 2.15. The number of benzene rings is 1. The summed E-state index contributed by atoms with van der Waals surface area (Å²) < 4.78 is 83.4. The Morgan fingerprint density at radius 1 is 1.27 bits per heavy atom. The third-order valence-electron chi connectivity index (χ3n) is 5.29. The van der Waals surface area contributed by atoms with Gasteiger partial charge >= 0.3 is 6.18 Å². The third kappa shape index (κ3) is 5.18. The van der Waals surface area contributed by atoms with Gasteiger partial charge in [-0.3, -0.25) is 9.52 Å². The highest BCUT2D eigenvalue weighted by atomic mass is 79.9. The molecule has 0 radical (unpaired) electrons. The number of anilines is 3. The number of aliphatic hydroxyl groups excluding tert-OH is 2. The number of halogens is 5. The highest BCUT2D eigenvalue weighted by Gasteiger charge is 2.55. The van der Waals surface area contributed by atoms with Crippen molar-refractivity contribution in [3.8, 4) is 0 Å². The lowest BCUT2D eigenvalue weighted by Crippen LogP contribution is -2.36. The maximum Gasteiger partial charge on any atom is 0.423 e. The summed E-state index contributed by atoms with van der Waals surface area (Å²) >= 11 is 3.03. The lowest BCUT2D eigenvalue weighted by Gasteiger charge is -2.24. The molecule has 1 atom stereocenters. The molecule has 8 nitrogen and oxygen atoms in total. The molecule has 3 rings (SSSR count). The Bertz CT molecular complexity index is 1230. The quantitative estimate of drug-likeness (QED) is 0.370. The van der Waals surface area contributed by atoms with Crippen molar-refractivity contribution in [3.63, 3.8) is 0 Å². The summed E-state index contributed by atoms with van der Waals surface area (Å²) in [5.74, 6) is -0.947. The molecule has 1 aliphatic rings. The van der Waals surface area contributed by atoms with Gasteiger partial charge in [-0.1, -0.05) is 15.9 Å². The van der Waals surface area contributed by atoms with Crippen LogP contribution in [0.3, 0.4) is 0 Å². The Morgan fingerprint density at radius 2 is 1.91 bits per heavy atom. The number of aryl methyl sites for hydroxylation is 1. The number of sulfonamides is 1. The largest absolute Gasteiger partial charge is 0.423 e. The molecule has 0 spiro atoms. The number of aromatic nitrogens is 1. The van der Waals surface area contributed by atoms with E-state index in [1.54, 1.807) is 0 Å². The number of nitrogens with one attached hydrogen (secondary N) is 2. The number of alkyl halides is 3. The van der Waals surface area contributed by atoms with E-state index >= 15 is 0 Å². The smallest absolute Gasteiger partial charge is 0.394 e. The second kappa shape index (κ2) is 8.89. The van der Waals surface area contributed by atoms with Gasteiger partial charge in [0, 0.05) is 17.7 Å². The van der Waals surface area contributed by atoms with E-state index in [1.165, 1.54) is 6.07 Å². The van der Waals surface area contributed by atoms with Crippen LogP contribution in [0.1, 0.15) is 24.8 Å². The van der Waals surface area contributed by atoms with Crippen LogP contribution in [-0.2, 0) is 23.2 Å². The van der Waals surface area contributed by atoms with Crippen molar-refractivity contribution in [2.24, 2.45) is 7.05 Å². The number of rotatable bonds is 8. The van der Waals surface area contributed by atoms with Crippen molar-refractivity contribution < 1.29 is 36.2 Å². The number of hydrogen-bond donors (Lipinski definition) is 4. The van der Waals surface area contributed by atoms with Gasteiger partial charge in [0.25, 0.3) is 5.56 Å². The highest BCUT2D eigenvalue weighted by molar-refractivity contribution is 9.10. The standard InChI is InChI=1S/C19H20BrF4N3O5S/c1-27-8-14(26-33(31,32)18(4-5-18)7-11(29)9-28)16(15(17(27)30)19(22,23)24)25-13-3-2-10(20)6-12(13)21/h2-3,6,8,11,25-26,28-29H,4-5,7,9H2,1H3. The van der Waals surface area contributed by atoms with Gasteiger partial charge in [-0.05, 0) is 37.5 Å². The average Bonchev–Trinajstić information content (AvgIpc) is 3.47. The fourth-order valence-electron chi connectivity index (χ4n) is 3.40. The van der Waals surface area contributed by atoms with Crippen molar-refractivity contribution >= 4 is 43.0 Å². The summed E-state index contributed by atoms with van der Waals surface area (Å²) in [5, 5.41) is 21.0. The van der Waals surface area contributed by atoms with Crippen LogP contribution in [0.5, 0.6) is 0 Å². The van der Waals surface area contributed by atoms with Gasteiger partial charge in [-0.2, -0.15) is 13.2 Å². The molecule has 1 unspecified atom stereocenters. The minimum absolute atomic E-state index is 0.112. The molecule has 0 aliphatic heterocycles.